The fourth-order valence-corrected chi connectivity index (χ4v) is 2.42. The van der Waals surface area contributed by atoms with E-state index < -0.39 is 0 Å². The van der Waals surface area contributed by atoms with E-state index in [2.05, 4.69) is 25.8 Å². The molecule has 2 aromatic heterocycles. The summed E-state index contributed by atoms with van der Waals surface area (Å²) in [5.74, 6) is 2.38. The van der Waals surface area contributed by atoms with Crippen LogP contribution in [0.4, 0.5) is 11.6 Å². The number of aryl methyl sites for hydroxylation is 2. The molecule has 8 heteroatoms. The fourth-order valence-electron chi connectivity index (χ4n) is 2.42. The molecule has 0 fully saturated rings. The van der Waals surface area contributed by atoms with Gasteiger partial charge in [0, 0.05) is 24.2 Å². The summed E-state index contributed by atoms with van der Waals surface area (Å²) in [4.78, 5) is 20.9. The molecule has 0 atom stereocenters. The van der Waals surface area contributed by atoms with Gasteiger partial charge in [0.2, 0.25) is 0 Å². The lowest BCUT2D eigenvalue weighted by Crippen LogP contribution is -2.16. The molecule has 0 unspecified atom stereocenters. The van der Waals surface area contributed by atoms with Gasteiger partial charge in [-0.05, 0) is 19.9 Å². The van der Waals surface area contributed by atoms with Crippen LogP contribution in [0.2, 0.25) is 0 Å². The summed E-state index contributed by atoms with van der Waals surface area (Å²) in [5.41, 5.74) is 1.22. The summed E-state index contributed by atoms with van der Waals surface area (Å²) in [6.07, 6.45) is 0. The molecule has 1 aromatic carbocycles. The van der Waals surface area contributed by atoms with Gasteiger partial charge in [-0.25, -0.2) is 9.97 Å². The van der Waals surface area contributed by atoms with E-state index in [0.717, 1.165) is 11.3 Å². The van der Waals surface area contributed by atoms with Gasteiger partial charge < -0.3 is 19.9 Å². The summed E-state index contributed by atoms with van der Waals surface area (Å²) in [6.45, 7) is 3.98. The summed E-state index contributed by atoms with van der Waals surface area (Å²) in [5, 5.41) is 9.58. The number of nitrogens with zero attached hydrogens (tertiary/aromatic N) is 3. The van der Waals surface area contributed by atoms with E-state index >= 15 is 0 Å². The van der Waals surface area contributed by atoms with Crippen LogP contribution in [-0.2, 0) is 6.54 Å². The largest absolute Gasteiger partial charge is 0.496 e. The van der Waals surface area contributed by atoms with Crippen molar-refractivity contribution in [3.63, 3.8) is 0 Å². The molecule has 0 radical (unpaired) electrons. The van der Waals surface area contributed by atoms with E-state index in [0.29, 0.717) is 29.8 Å². The van der Waals surface area contributed by atoms with Crippen LogP contribution in [-0.4, -0.2) is 28.1 Å². The Morgan fingerprint density at radius 2 is 1.96 bits per heavy atom. The summed E-state index contributed by atoms with van der Waals surface area (Å²) < 4.78 is 10.3. The first-order chi connectivity index (χ1) is 12.5. The lowest BCUT2D eigenvalue weighted by Gasteiger charge is -2.11. The number of ether oxygens (including phenoxy) is 1. The van der Waals surface area contributed by atoms with Gasteiger partial charge in [0.15, 0.2) is 5.82 Å². The third-order valence-corrected chi connectivity index (χ3v) is 3.59. The quantitative estimate of drug-likeness (QED) is 0.702. The van der Waals surface area contributed by atoms with Gasteiger partial charge >= 0.3 is 0 Å². The zero-order valence-electron chi connectivity index (χ0n) is 14.7. The minimum atomic E-state index is -0.385. The molecule has 0 aliphatic rings. The van der Waals surface area contributed by atoms with E-state index in [9.17, 15) is 4.79 Å². The lowest BCUT2D eigenvalue weighted by atomic mass is 10.2. The van der Waals surface area contributed by atoms with Gasteiger partial charge in [-0.3, -0.25) is 4.79 Å². The van der Waals surface area contributed by atoms with E-state index in [1.165, 1.54) is 0 Å². The minimum Gasteiger partial charge on any atom is -0.496 e. The Hall–Kier alpha value is -3.42. The van der Waals surface area contributed by atoms with Crippen molar-refractivity contribution < 1.29 is 14.1 Å². The van der Waals surface area contributed by atoms with Crippen molar-refractivity contribution in [2.75, 3.05) is 17.7 Å². The number of nitrogens with one attached hydrogen (secondary N) is 2. The second-order valence-electron chi connectivity index (χ2n) is 5.63. The van der Waals surface area contributed by atoms with Crippen molar-refractivity contribution in [3.8, 4) is 5.75 Å². The number of methoxy groups -OCH3 is 1. The average Bonchev–Trinajstić information content (AvgIpc) is 3.04. The topological polar surface area (TPSA) is 102 Å². The standard InChI is InChI=1S/C18H19N5O3/c1-11-8-17(23-26-11)22-18(24)14-9-16(21-12(2)20-14)19-10-13-6-4-5-7-15(13)25-3/h4-9H,10H2,1-3H3,(H,19,20,21)(H,22,23,24). The summed E-state index contributed by atoms with van der Waals surface area (Å²) in [6, 6.07) is 10.9. The molecule has 0 aliphatic carbocycles. The molecule has 0 bridgehead atoms. The van der Waals surface area contributed by atoms with Gasteiger partial charge in [0.05, 0.1) is 7.11 Å². The number of anilines is 2. The van der Waals surface area contributed by atoms with Crippen LogP contribution in [0.15, 0.2) is 40.9 Å². The third-order valence-electron chi connectivity index (χ3n) is 3.59. The van der Waals surface area contributed by atoms with Crippen LogP contribution in [0.5, 0.6) is 5.75 Å². The first-order valence-electron chi connectivity index (χ1n) is 8.01. The highest BCUT2D eigenvalue weighted by Crippen LogP contribution is 2.19. The first kappa shape index (κ1) is 17.4. The van der Waals surface area contributed by atoms with Gasteiger partial charge in [-0.1, -0.05) is 23.4 Å². The Bertz CT molecular complexity index is 923. The van der Waals surface area contributed by atoms with Crippen LogP contribution in [0, 0.1) is 13.8 Å². The Morgan fingerprint density at radius 1 is 1.15 bits per heavy atom. The Morgan fingerprint density at radius 3 is 2.69 bits per heavy atom. The minimum absolute atomic E-state index is 0.237. The molecule has 134 valence electrons. The number of para-hydroxylation sites is 1. The van der Waals surface area contributed by atoms with E-state index in [1.807, 2.05) is 24.3 Å². The smallest absolute Gasteiger partial charge is 0.275 e. The maximum atomic E-state index is 12.4. The van der Waals surface area contributed by atoms with Crippen LogP contribution in [0.25, 0.3) is 0 Å². The number of aromatic nitrogens is 3. The number of carbonyl (C=O) groups excluding carboxylic acids is 1. The molecule has 1 amide bonds. The van der Waals surface area contributed by atoms with Gasteiger partial charge in [-0.2, -0.15) is 0 Å². The summed E-state index contributed by atoms with van der Waals surface area (Å²) >= 11 is 0. The van der Waals surface area contributed by atoms with E-state index in [4.69, 9.17) is 9.26 Å². The lowest BCUT2D eigenvalue weighted by molar-refractivity contribution is 0.102. The number of amides is 1. The molecule has 2 heterocycles. The molecule has 0 saturated carbocycles. The highest BCUT2D eigenvalue weighted by Gasteiger charge is 2.13. The second kappa shape index (κ2) is 7.64. The zero-order valence-corrected chi connectivity index (χ0v) is 14.7. The number of hydrogen-bond acceptors (Lipinski definition) is 7. The Labute approximate surface area is 150 Å². The van der Waals surface area contributed by atoms with Crippen molar-refractivity contribution in [1.82, 2.24) is 15.1 Å². The monoisotopic (exact) mass is 353 g/mol. The maximum absolute atomic E-state index is 12.4. The number of carbonyl (C=O) groups is 1. The molecular weight excluding hydrogens is 334 g/mol. The van der Waals surface area contributed by atoms with Gasteiger partial charge in [0.1, 0.15) is 28.8 Å². The molecule has 0 saturated heterocycles. The number of benzene rings is 1. The fraction of sp³-hybridized carbons (Fsp3) is 0.222. The van der Waals surface area contributed by atoms with Crippen LogP contribution >= 0.6 is 0 Å². The predicted molar refractivity (Wildman–Crippen MR) is 96.3 cm³/mol. The molecule has 8 nitrogen and oxygen atoms in total. The molecule has 3 rings (SSSR count). The van der Waals surface area contributed by atoms with Crippen LogP contribution in [0.1, 0.15) is 27.6 Å². The molecular formula is C18H19N5O3. The van der Waals surface area contributed by atoms with E-state index in [1.54, 1.807) is 33.1 Å². The Balaban J connectivity index is 1.73. The van der Waals surface area contributed by atoms with E-state index in [-0.39, 0.29) is 11.6 Å². The number of hydrogen-bond donors (Lipinski definition) is 2. The van der Waals surface area contributed by atoms with Crippen molar-refractivity contribution in [1.29, 1.82) is 0 Å². The highest BCUT2D eigenvalue weighted by molar-refractivity contribution is 6.02. The molecule has 0 spiro atoms. The molecule has 3 aromatic rings. The zero-order chi connectivity index (χ0) is 18.5. The number of rotatable bonds is 6. The molecule has 2 N–H and O–H groups in total. The average molecular weight is 353 g/mol. The summed E-state index contributed by atoms with van der Waals surface area (Å²) in [7, 11) is 1.63. The van der Waals surface area contributed by atoms with Crippen LogP contribution in [0.3, 0.4) is 0 Å². The third kappa shape index (κ3) is 4.15. The highest BCUT2D eigenvalue weighted by atomic mass is 16.5. The van der Waals surface area contributed by atoms with Crippen molar-refractivity contribution in [3.05, 3.63) is 59.2 Å². The van der Waals surface area contributed by atoms with Gasteiger partial charge in [-0.15, -0.1) is 0 Å². The first-order valence-corrected chi connectivity index (χ1v) is 8.01. The van der Waals surface area contributed by atoms with Crippen molar-refractivity contribution in [2.24, 2.45) is 0 Å². The van der Waals surface area contributed by atoms with Crippen molar-refractivity contribution in [2.45, 2.75) is 20.4 Å². The normalized spacial score (nSPS) is 10.4. The second-order valence-corrected chi connectivity index (χ2v) is 5.63. The SMILES string of the molecule is COc1ccccc1CNc1cc(C(=O)Nc2cc(C)on2)nc(C)n1. The maximum Gasteiger partial charge on any atom is 0.275 e. The molecule has 26 heavy (non-hydrogen) atoms. The van der Waals surface area contributed by atoms with Crippen LogP contribution < -0.4 is 15.4 Å². The Kier molecular flexibility index (Phi) is 5.12. The molecule has 0 aliphatic heterocycles. The van der Waals surface area contributed by atoms with Crippen molar-refractivity contribution >= 4 is 17.5 Å². The van der Waals surface area contributed by atoms with Gasteiger partial charge in [0.25, 0.3) is 5.91 Å². The predicted octanol–water partition coefficient (Wildman–Crippen LogP) is 2.95.